The lowest BCUT2D eigenvalue weighted by Crippen LogP contribution is -2.43. The van der Waals surface area contributed by atoms with E-state index in [1.807, 2.05) is 36.4 Å². The Bertz CT molecular complexity index is 715. The van der Waals surface area contributed by atoms with Crippen molar-refractivity contribution in [2.24, 2.45) is 0 Å². The van der Waals surface area contributed by atoms with Crippen molar-refractivity contribution < 1.29 is 14.7 Å². The molecule has 1 heterocycles. The van der Waals surface area contributed by atoms with Crippen LogP contribution in [-0.2, 0) is 9.59 Å². The summed E-state index contributed by atoms with van der Waals surface area (Å²) < 4.78 is 0. The van der Waals surface area contributed by atoms with E-state index < -0.39 is 12.0 Å². The van der Waals surface area contributed by atoms with Crippen LogP contribution >= 0.6 is 12.4 Å². The van der Waals surface area contributed by atoms with Gasteiger partial charge in [-0.05, 0) is 36.9 Å². The van der Waals surface area contributed by atoms with E-state index in [2.05, 4.69) is 29.6 Å². The first-order chi connectivity index (χ1) is 13.1. The third-order valence-electron chi connectivity index (χ3n) is 5.15. The van der Waals surface area contributed by atoms with Crippen LogP contribution < -0.4 is 5.32 Å². The zero-order valence-corrected chi connectivity index (χ0v) is 16.6. The van der Waals surface area contributed by atoms with Crippen LogP contribution in [0, 0.1) is 0 Å². The number of amides is 1. The van der Waals surface area contributed by atoms with Gasteiger partial charge < -0.3 is 10.4 Å². The Morgan fingerprint density at radius 2 is 1.61 bits per heavy atom. The number of likely N-dealkylation sites (tertiary alicyclic amines) is 1. The van der Waals surface area contributed by atoms with Crippen LogP contribution in [0.25, 0.3) is 0 Å². The number of carboxylic acids is 1. The summed E-state index contributed by atoms with van der Waals surface area (Å²) in [6, 6.07) is 20.0. The zero-order valence-electron chi connectivity index (χ0n) is 15.8. The molecule has 150 valence electrons. The minimum atomic E-state index is -0.839. The minimum Gasteiger partial charge on any atom is -0.480 e. The molecule has 0 unspecified atom stereocenters. The lowest BCUT2D eigenvalue weighted by molar-refractivity contribution is -0.142. The fourth-order valence-corrected chi connectivity index (χ4v) is 3.79. The number of carbonyl (C=O) groups excluding carboxylic acids is 1. The Morgan fingerprint density at radius 3 is 2.14 bits per heavy atom. The van der Waals surface area contributed by atoms with Crippen molar-refractivity contribution in [1.82, 2.24) is 10.2 Å². The third kappa shape index (κ3) is 5.81. The summed E-state index contributed by atoms with van der Waals surface area (Å²) in [5.41, 5.74) is 2.45. The molecule has 1 fully saturated rings. The highest BCUT2D eigenvalue weighted by molar-refractivity contribution is 5.85. The van der Waals surface area contributed by atoms with E-state index in [9.17, 15) is 14.7 Å². The predicted octanol–water partition coefficient (Wildman–Crippen LogP) is 3.30. The summed E-state index contributed by atoms with van der Waals surface area (Å²) in [6.45, 7) is 1.37. The van der Waals surface area contributed by atoms with Crippen molar-refractivity contribution in [3.05, 3.63) is 71.8 Å². The fraction of sp³-hybridized carbons (Fsp3) is 0.364. The second kappa shape index (κ2) is 10.8. The maximum atomic E-state index is 12.3. The van der Waals surface area contributed by atoms with Crippen molar-refractivity contribution in [2.45, 2.75) is 31.2 Å². The molecule has 6 heteroatoms. The quantitative estimate of drug-likeness (QED) is 0.710. The molecule has 28 heavy (non-hydrogen) atoms. The molecule has 1 aliphatic heterocycles. The molecule has 0 radical (unpaired) electrons. The van der Waals surface area contributed by atoms with Gasteiger partial charge in [0.1, 0.15) is 6.04 Å². The monoisotopic (exact) mass is 402 g/mol. The molecule has 5 nitrogen and oxygen atoms in total. The number of nitrogens with one attached hydrogen (secondary N) is 1. The molecule has 0 aromatic heterocycles. The molecule has 1 atom stereocenters. The molecule has 0 spiro atoms. The Balaban J connectivity index is 0.00000280. The van der Waals surface area contributed by atoms with Crippen molar-refractivity contribution >= 4 is 24.3 Å². The summed E-state index contributed by atoms with van der Waals surface area (Å²) in [5, 5.41) is 12.2. The molecule has 2 aromatic rings. The topological polar surface area (TPSA) is 69.6 Å². The number of aliphatic carboxylic acids is 1. The van der Waals surface area contributed by atoms with Gasteiger partial charge in [0.15, 0.2) is 0 Å². The van der Waals surface area contributed by atoms with E-state index in [0.29, 0.717) is 19.5 Å². The highest BCUT2D eigenvalue weighted by Crippen LogP contribution is 2.27. The first-order valence-corrected chi connectivity index (χ1v) is 9.48. The van der Waals surface area contributed by atoms with Crippen LogP contribution in [0.15, 0.2) is 60.7 Å². The molecular formula is C22H27ClN2O3. The fourth-order valence-electron chi connectivity index (χ4n) is 3.79. The highest BCUT2D eigenvalue weighted by atomic mass is 35.5. The van der Waals surface area contributed by atoms with E-state index in [-0.39, 0.29) is 30.8 Å². The molecule has 2 N–H and O–H groups in total. The molecule has 1 amide bonds. The Hall–Kier alpha value is -2.37. The molecule has 0 aliphatic carbocycles. The van der Waals surface area contributed by atoms with Gasteiger partial charge in [0.25, 0.3) is 0 Å². The van der Waals surface area contributed by atoms with Crippen LogP contribution in [0.2, 0.25) is 0 Å². The molecule has 0 saturated carbocycles. The Morgan fingerprint density at radius 1 is 1.04 bits per heavy atom. The van der Waals surface area contributed by atoms with Gasteiger partial charge in [0.2, 0.25) is 5.91 Å². The Kier molecular flexibility index (Phi) is 8.48. The molecule has 0 bridgehead atoms. The summed E-state index contributed by atoms with van der Waals surface area (Å²) >= 11 is 0. The summed E-state index contributed by atoms with van der Waals surface area (Å²) in [5.74, 6) is -0.734. The minimum absolute atomic E-state index is 0. The van der Waals surface area contributed by atoms with Gasteiger partial charge in [-0.15, -0.1) is 12.4 Å². The van der Waals surface area contributed by atoms with Crippen molar-refractivity contribution in [1.29, 1.82) is 0 Å². The van der Waals surface area contributed by atoms with Gasteiger partial charge in [-0.1, -0.05) is 60.7 Å². The van der Waals surface area contributed by atoms with Crippen LogP contribution in [0.3, 0.4) is 0 Å². The van der Waals surface area contributed by atoms with E-state index in [0.717, 1.165) is 12.8 Å². The highest BCUT2D eigenvalue weighted by Gasteiger charge is 2.31. The van der Waals surface area contributed by atoms with Crippen molar-refractivity contribution in [2.75, 3.05) is 19.6 Å². The first kappa shape index (κ1) is 21.9. The zero-order chi connectivity index (χ0) is 19.1. The van der Waals surface area contributed by atoms with Gasteiger partial charge >= 0.3 is 5.97 Å². The number of rotatable bonds is 8. The number of benzene rings is 2. The van der Waals surface area contributed by atoms with E-state index in [4.69, 9.17) is 0 Å². The average molecular weight is 403 g/mol. The smallest absolute Gasteiger partial charge is 0.320 e. The van der Waals surface area contributed by atoms with Crippen LogP contribution in [-0.4, -0.2) is 47.6 Å². The largest absolute Gasteiger partial charge is 0.480 e. The van der Waals surface area contributed by atoms with Gasteiger partial charge in [-0.3, -0.25) is 14.5 Å². The number of halogens is 1. The van der Waals surface area contributed by atoms with Crippen molar-refractivity contribution in [3.8, 4) is 0 Å². The molecule has 3 rings (SSSR count). The summed E-state index contributed by atoms with van der Waals surface area (Å²) in [4.78, 5) is 25.3. The lowest BCUT2D eigenvalue weighted by atomic mass is 9.88. The van der Waals surface area contributed by atoms with E-state index in [1.54, 1.807) is 4.90 Å². The molecule has 1 saturated heterocycles. The van der Waals surface area contributed by atoms with Gasteiger partial charge in [0.05, 0.1) is 6.54 Å². The van der Waals surface area contributed by atoms with Gasteiger partial charge in [0, 0.05) is 12.5 Å². The Labute approximate surface area is 172 Å². The summed E-state index contributed by atoms with van der Waals surface area (Å²) in [7, 11) is 0. The number of nitrogens with zero attached hydrogens (tertiary/aromatic N) is 1. The normalized spacial score (nSPS) is 16.5. The number of carboxylic acid groups (broad SMARTS) is 1. The third-order valence-corrected chi connectivity index (χ3v) is 5.15. The average Bonchev–Trinajstić information content (AvgIpc) is 3.15. The predicted molar refractivity (Wildman–Crippen MR) is 112 cm³/mol. The molecule has 2 aromatic carbocycles. The van der Waals surface area contributed by atoms with Crippen molar-refractivity contribution in [3.63, 3.8) is 0 Å². The molecule has 1 aliphatic rings. The van der Waals surface area contributed by atoms with Gasteiger partial charge in [-0.2, -0.15) is 0 Å². The van der Waals surface area contributed by atoms with Crippen LogP contribution in [0.1, 0.15) is 36.3 Å². The second-order valence-electron chi connectivity index (χ2n) is 6.98. The number of hydrogen-bond donors (Lipinski definition) is 2. The molecular weight excluding hydrogens is 376 g/mol. The number of carbonyl (C=O) groups is 2. The maximum Gasteiger partial charge on any atom is 0.320 e. The summed E-state index contributed by atoms with van der Waals surface area (Å²) in [6.07, 6.45) is 2.24. The standard InChI is InChI=1S/C22H26N2O3.ClH/c25-21(16-24-15-7-12-20(24)22(26)27)23-14-13-19(17-8-3-1-4-9-17)18-10-5-2-6-11-18;/h1-6,8-11,19-20H,7,12-16H2,(H,23,25)(H,26,27);1H/t20-;/m0./s1. The van der Waals surface area contributed by atoms with Crippen LogP contribution in [0.4, 0.5) is 0 Å². The van der Waals surface area contributed by atoms with Gasteiger partial charge in [-0.25, -0.2) is 0 Å². The van der Waals surface area contributed by atoms with E-state index in [1.165, 1.54) is 11.1 Å². The SMILES string of the molecule is Cl.O=C(CN1CCC[C@H]1C(=O)O)NCCC(c1ccccc1)c1ccccc1. The van der Waals surface area contributed by atoms with E-state index >= 15 is 0 Å². The number of hydrogen-bond acceptors (Lipinski definition) is 3. The maximum absolute atomic E-state index is 12.3. The van der Waals surface area contributed by atoms with Crippen LogP contribution in [0.5, 0.6) is 0 Å². The lowest BCUT2D eigenvalue weighted by Gasteiger charge is -2.21. The first-order valence-electron chi connectivity index (χ1n) is 9.48. The second-order valence-corrected chi connectivity index (χ2v) is 6.98.